The summed E-state index contributed by atoms with van der Waals surface area (Å²) in [5.41, 5.74) is 1.02. The number of carbonyl (C=O) groups is 1. The van der Waals surface area contributed by atoms with Crippen molar-refractivity contribution in [1.82, 2.24) is 0 Å². The molecule has 0 unspecified atom stereocenters. The summed E-state index contributed by atoms with van der Waals surface area (Å²) >= 11 is 0. The maximum Gasteiger partial charge on any atom is 0.338 e. The molecule has 0 spiro atoms. The summed E-state index contributed by atoms with van der Waals surface area (Å²) in [7, 11) is 1.49. The van der Waals surface area contributed by atoms with Crippen LogP contribution in [0, 0.1) is 11.3 Å². The van der Waals surface area contributed by atoms with Crippen molar-refractivity contribution in [2.45, 2.75) is 26.2 Å². The maximum absolute atomic E-state index is 12.1. The molecule has 1 aromatic rings. The lowest BCUT2D eigenvalue weighted by molar-refractivity contribution is -0.139. The molecule has 0 bridgehead atoms. The van der Waals surface area contributed by atoms with E-state index in [1.807, 2.05) is 43.3 Å². The lowest BCUT2D eigenvalue weighted by Gasteiger charge is -2.12. The van der Waals surface area contributed by atoms with Crippen LogP contribution in [0.25, 0.3) is 5.76 Å². The second-order valence-electron chi connectivity index (χ2n) is 4.20. The Labute approximate surface area is 119 Å². The molecule has 0 atom stereocenters. The highest BCUT2D eigenvalue weighted by molar-refractivity contribution is 5.96. The Morgan fingerprint density at radius 1 is 1.30 bits per heavy atom. The van der Waals surface area contributed by atoms with Crippen LogP contribution in [-0.2, 0) is 14.3 Å². The van der Waals surface area contributed by atoms with E-state index < -0.39 is 5.97 Å². The quantitative estimate of drug-likeness (QED) is 0.331. The van der Waals surface area contributed by atoms with Gasteiger partial charge in [-0.15, -0.1) is 0 Å². The topological polar surface area (TPSA) is 59.3 Å². The minimum atomic E-state index is -0.485. The first-order valence-corrected chi connectivity index (χ1v) is 6.61. The van der Waals surface area contributed by atoms with E-state index in [0.29, 0.717) is 12.4 Å². The standard InChI is InChI=1S/C16H19NO3/c1-3-4-12-20-16(18)14(10-11-17)15(19-2)13-8-6-5-7-9-13/h5-9H,3-4,10,12H2,1-2H3. The number of esters is 1. The summed E-state index contributed by atoms with van der Waals surface area (Å²) in [6.45, 7) is 2.38. The predicted molar refractivity (Wildman–Crippen MR) is 76.5 cm³/mol. The largest absolute Gasteiger partial charge is 0.496 e. The fraction of sp³-hybridized carbons (Fsp3) is 0.375. The lowest BCUT2D eigenvalue weighted by atomic mass is 10.1. The first kappa shape index (κ1) is 15.8. The molecule has 0 aliphatic heterocycles. The molecule has 0 saturated carbocycles. The van der Waals surface area contributed by atoms with E-state index in [-0.39, 0.29) is 12.0 Å². The highest BCUT2D eigenvalue weighted by atomic mass is 16.5. The van der Waals surface area contributed by atoms with Gasteiger partial charge in [-0.25, -0.2) is 4.79 Å². The monoisotopic (exact) mass is 273 g/mol. The summed E-state index contributed by atoms with van der Waals surface area (Å²) < 4.78 is 10.5. The Bertz CT molecular complexity index is 500. The van der Waals surface area contributed by atoms with Crippen molar-refractivity contribution in [3.63, 3.8) is 0 Å². The zero-order chi connectivity index (χ0) is 14.8. The van der Waals surface area contributed by atoms with Gasteiger partial charge in [-0.1, -0.05) is 43.7 Å². The number of methoxy groups -OCH3 is 1. The first-order chi connectivity index (χ1) is 9.74. The Balaban J connectivity index is 3.04. The van der Waals surface area contributed by atoms with Crippen LogP contribution in [0.3, 0.4) is 0 Å². The second-order valence-corrected chi connectivity index (χ2v) is 4.20. The minimum absolute atomic E-state index is 0.0387. The van der Waals surface area contributed by atoms with E-state index in [9.17, 15) is 4.79 Å². The van der Waals surface area contributed by atoms with Gasteiger partial charge in [0.05, 0.1) is 31.8 Å². The third-order valence-electron chi connectivity index (χ3n) is 2.75. The molecule has 0 heterocycles. The summed E-state index contributed by atoms with van der Waals surface area (Å²) in [5, 5.41) is 8.90. The average Bonchev–Trinajstić information content (AvgIpc) is 2.48. The SMILES string of the molecule is CCCCOC(=O)C(CC#N)=C(OC)c1ccccc1. The fourth-order valence-electron chi connectivity index (χ4n) is 1.73. The third kappa shape index (κ3) is 4.43. The number of unbranched alkanes of at least 4 members (excludes halogenated alkanes) is 1. The fourth-order valence-corrected chi connectivity index (χ4v) is 1.73. The summed E-state index contributed by atoms with van der Waals surface area (Å²) in [6.07, 6.45) is 1.71. The number of carbonyl (C=O) groups excluding carboxylic acids is 1. The molecule has 4 heteroatoms. The van der Waals surface area contributed by atoms with Gasteiger partial charge in [0.25, 0.3) is 0 Å². The second kappa shape index (κ2) is 8.76. The van der Waals surface area contributed by atoms with Crippen molar-refractivity contribution >= 4 is 11.7 Å². The predicted octanol–water partition coefficient (Wildman–Crippen LogP) is 3.30. The van der Waals surface area contributed by atoms with E-state index in [4.69, 9.17) is 14.7 Å². The molecule has 0 radical (unpaired) electrons. The molecule has 0 aliphatic rings. The molecular formula is C16H19NO3. The number of hydrogen-bond acceptors (Lipinski definition) is 4. The van der Waals surface area contributed by atoms with Crippen LogP contribution in [0.2, 0.25) is 0 Å². The highest BCUT2D eigenvalue weighted by Gasteiger charge is 2.19. The molecular weight excluding hydrogens is 254 g/mol. The molecule has 0 saturated heterocycles. The van der Waals surface area contributed by atoms with Crippen LogP contribution in [0.4, 0.5) is 0 Å². The van der Waals surface area contributed by atoms with Crippen molar-refractivity contribution in [3.05, 3.63) is 41.5 Å². The van der Waals surface area contributed by atoms with E-state index >= 15 is 0 Å². The van der Waals surface area contributed by atoms with Gasteiger partial charge in [0, 0.05) is 5.56 Å². The van der Waals surface area contributed by atoms with Crippen LogP contribution in [-0.4, -0.2) is 19.7 Å². The number of hydrogen-bond donors (Lipinski definition) is 0. The zero-order valence-corrected chi connectivity index (χ0v) is 11.9. The molecule has 0 amide bonds. The Hall–Kier alpha value is -2.28. The van der Waals surface area contributed by atoms with Crippen LogP contribution in [0.1, 0.15) is 31.7 Å². The third-order valence-corrected chi connectivity index (χ3v) is 2.75. The van der Waals surface area contributed by atoms with E-state index in [1.165, 1.54) is 7.11 Å². The minimum Gasteiger partial charge on any atom is -0.496 e. The molecule has 20 heavy (non-hydrogen) atoms. The summed E-state index contributed by atoms with van der Waals surface area (Å²) in [4.78, 5) is 12.1. The number of ether oxygens (including phenoxy) is 2. The molecule has 106 valence electrons. The van der Waals surface area contributed by atoms with Crippen LogP contribution in [0.15, 0.2) is 35.9 Å². The molecule has 0 aliphatic carbocycles. The normalized spacial score (nSPS) is 11.2. The molecule has 0 N–H and O–H groups in total. The van der Waals surface area contributed by atoms with Gasteiger partial charge >= 0.3 is 5.97 Å². The van der Waals surface area contributed by atoms with Gasteiger partial charge in [-0.2, -0.15) is 5.26 Å². The van der Waals surface area contributed by atoms with Gasteiger partial charge < -0.3 is 9.47 Å². The average molecular weight is 273 g/mol. The smallest absolute Gasteiger partial charge is 0.338 e. The van der Waals surface area contributed by atoms with Crippen LogP contribution < -0.4 is 0 Å². The molecule has 1 aromatic carbocycles. The lowest BCUT2D eigenvalue weighted by Crippen LogP contribution is -2.11. The van der Waals surface area contributed by atoms with Crippen molar-refractivity contribution in [3.8, 4) is 6.07 Å². The molecule has 1 rings (SSSR count). The zero-order valence-electron chi connectivity index (χ0n) is 11.9. The van der Waals surface area contributed by atoms with Crippen LogP contribution >= 0.6 is 0 Å². The number of nitriles is 1. The van der Waals surface area contributed by atoms with Gasteiger partial charge in [0.2, 0.25) is 0 Å². The summed E-state index contributed by atoms with van der Waals surface area (Å²) in [5.74, 6) is -0.0886. The van der Waals surface area contributed by atoms with Crippen LogP contribution in [0.5, 0.6) is 0 Å². The number of benzene rings is 1. The first-order valence-electron chi connectivity index (χ1n) is 6.61. The van der Waals surface area contributed by atoms with Crippen molar-refractivity contribution in [2.24, 2.45) is 0 Å². The molecule has 4 nitrogen and oxygen atoms in total. The number of rotatable bonds is 7. The van der Waals surface area contributed by atoms with Crippen molar-refractivity contribution in [1.29, 1.82) is 5.26 Å². The highest BCUT2D eigenvalue weighted by Crippen LogP contribution is 2.22. The Morgan fingerprint density at radius 2 is 2.00 bits per heavy atom. The van der Waals surface area contributed by atoms with E-state index in [1.54, 1.807) is 0 Å². The molecule has 0 aromatic heterocycles. The Kier molecular flexibility index (Phi) is 6.91. The van der Waals surface area contributed by atoms with Gasteiger partial charge in [-0.3, -0.25) is 0 Å². The van der Waals surface area contributed by atoms with E-state index in [2.05, 4.69) is 0 Å². The van der Waals surface area contributed by atoms with E-state index in [0.717, 1.165) is 18.4 Å². The molecule has 0 fully saturated rings. The van der Waals surface area contributed by atoms with Crippen molar-refractivity contribution < 1.29 is 14.3 Å². The maximum atomic E-state index is 12.1. The van der Waals surface area contributed by atoms with Gasteiger partial charge in [0.1, 0.15) is 5.76 Å². The number of nitrogens with zero attached hydrogens (tertiary/aromatic N) is 1. The Morgan fingerprint density at radius 3 is 2.55 bits per heavy atom. The summed E-state index contributed by atoms with van der Waals surface area (Å²) in [6, 6.07) is 11.2. The van der Waals surface area contributed by atoms with Crippen molar-refractivity contribution in [2.75, 3.05) is 13.7 Å². The van der Waals surface area contributed by atoms with Gasteiger partial charge in [-0.05, 0) is 6.42 Å². The van der Waals surface area contributed by atoms with Gasteiger partial charge in [0.15, 0.2) is 0 Å².